The van der Waals surface area contributed by atoms with Crippen molar-refractivity contribution < 1.29 is 13.9 Å². The second-order valence-electron chi connectivity index (χ2n) is 4.35. The molecule has 4 nitrogen and oxygen atoms in total. The minimum atomic E-state index is -0.477. The minimum absolute atomic E-state index is 0.0199. The zero-order valence-corrected chi connectivity index (χ0v) is 12.4. The SMILES string of the molecule is COCCNCc1ccc(Oc2ccc(F)c(Cl)c2)nc1. The molecule has 112 valence electrons. The van der Waals surface area contributed by atoms with Crippen molar-refractivity contribution in [2.24, 2.45) is 0 Å². The monoisotopic (exact) mass is 310 g/mol. The maximum atomic E-state index is 13.0. The number of nitrogens with zero attached hydrogens (tertiary/aromatic N) is 1. The molecule has 0 fully saturated rings. The number of benzene rings is 1. The summed E-state index contributed by atoms with van der Waals surface area (Å²) in [6.45, 7) is 2.15. The van der Waals surface area contributed by atoms with E-state index in [2.05, 4.69) is 10.3 Å². The lowest BCUT2D eigenvalue weighted by Crippen LogP contribution is -2.18. The molecule has 2 aromatic rings. The molecule has 6 heteroatoms. The molecule has 1 heterocycles. The van der Waals surface area contributed by atoms with Gasteiger partial charge in [-0.3, -0.25) is 0 Å². The standard InChI is InChI=1S/C15H16ClFN2O2/c1-20-7-6-18-9-11-2-5-15(19-10-11)21-12-3-4-14(17)13(16)8-12/h2-5,8,10,18H,6-7,9H2,1H3. The van der Waals surface area contributed by atoms with Crippen LogP contribution in [-0.2, 0) is 11.3 Å². The molecule has 0 saturated heterocycles. The molecule has 0 aliphatic heterocycles. The normalized spacial score (nSPS) is 10.6. The number of hydrogen-bond acceptors (Lipinski definition) is 4. The Hall–Kier alpha value is -1.69. The van der Waals surface area contributed by atoms with Crippen LogP contribution in [-0.4, -0.2) is 25.2 Å². The molecule has 0 amide bonds. The number of methoxy groups -OCH3 is 1. The Morgan fingerprint density at radius 1 is 1.29 bits per heavy atom. The lowest BCUT2D eigenvalue weighted by molar-refractivity contribution is 0.199. The molecule has 1 N–H and O–H groups in total. The summed E-state index contributed by atoms with van der Waals surface area (Å²) < 4.78 is 23.5. The Morgan fingerprint density at radius 2 is 2.14 bits per heavy atom. The molecule has 0 atom stereocenters. The van der Waals surface area contributed by atoms with Gasteiger partial charge in [-0.2, -0.15) is 0 Å². The summed E-state index contributed by atoms with van der Waals surface area (Å²) in [4.78, 5) is 4.19. The van der Waals surface area contributed by atoms with Crippen molar-refractivity contribution in [3.05, 3.63) is 52.9 Å². The van der Waals surface area contributed by atoms with Gasteiger partial charge in [0.15, 0.2) is 0 Å². The van der Waals surface area contributed by atoms with Crippen molar-refractivity contribution >= 4 is 11.6 Å². The zero-order chi connectivity index (χ0) is 15.1. The van der Waals surface area contributed by atoms with Crippen LogP contribution in [0.1, 0.15) is 5.56 Å². The molecule has 0 spiro atoms. The Labute approximate surface area is 127 Å². The first-order valence-corrected chi connectivity index (χ1v) is 6.84. The van der Waals surface area contributed by atoms with Crippen molar-refractivity contribution in [3.8, 4) is 11.6 Å². The van der Waals surface area contributed by atoms with E-state index >= 15 is 0 Å². The third-order valence-corrected chi connectivity index (χ3v) is 3.01. The summed E-state index contributed by atoms with van der Waals surface area (Å²) in [6, 6.07) is 7.84. The fourth-order valence-electron chi connectivity index (χ4n) is 1.64. The van der Waals surface area contributed by atoms with Gasteiger partial charge in [-0.1, -0.05) is 17.7 Å². The molecule has 0 radical (unpaired) electrons. The highest BCUT2D eigenvalue weighted by molar-refractivity contribution is 6.30. The van der Waals surface area contributed by atoms with E-state index in [0.717, 1.165) is 12.1 Å². The van der Waals surface area contributed by atoms with E-state index in [9.17, 15) is 4.39 Å². The van der Waals surface area contributed by atoms with Gasteiger partial charge in [0.25, 0.3) is 0 Å². The predicted molar refractivity (Wildman–Crippen MR) is 79.3 cm³/mol. The number of aromatic nitrogens is 1. The average molecular weight is 311 g/mol. The minimum Gasteiger partial charge on any atom is -0.439 e. The Morgan fingerprint density at radius 3 is 2.81 bits per heavy atom. The summed E-state index contributed by atoms with van der Waals surface area (Å²) in [5, 5.41) is 3.24. The third kappa shape index (κ3) is 4.97. The van der Waals surface area contributed by atoms with Crippen LogP contribution in [0.2, 0.25) is 5.02 Å². The van der Waals surface area contributed by atoms with Crippen LogP contribution in [0.4, 0.5) is 4.39 Å². The molecule has 0 bridgehead atoms. The summed E-state index contributed by atoms with van der Waals surface area (Å²) in [6.07, 6.45) is 1.72. The topological polar surface area (TPSA) is 43.4 Å². The highest BCUT2D eigenvalue weighted by Gasteiger charge is 2.04. The Bertz CT molecular complexity index is 578. The van der Waals surface area contributed by atoms with E-state index in [-0.39, 0.29) is 5.02 Å². The first kappa shape index (κ1) is 15.7. The molecule has 1 aromatic heterocycles. The van der Waals surface area contributed by atoms with Crippen LogP contribution in [0, 0.1) is 5.82 Å². The van der Waals surface area contributed by atoms with Crippen molar-refractivity contribution in [1.29, 1.82) is 0 Å². The molecule has 0 aliphatic rings. The summed E-state index contributed by atoms with van der Waals surface area (Å²) in [5.41, 5.74) is 1.04. The zero-order valence-electron chi connectivity index (χ0n) is 11.6. The number of halogens is 2. The smallest absolute Gasteiger partial charge is 0.219 e. The summed E-state index contributed by atoms with van der Waals surface area (Å²) in [5.74, 6) is 0.396. The number of hydrogen-bond donors (Lipinski definition) is 1. The second-order valence-corrected chi connectivity index (χ2v) is 4.76. The van der Waals surface area contributed by atoms with Gasteiger partial charge < -0.3 is 14.8 Å². The van der Waals surface area contributed by atoms with Gasteiger partial charge >= 0.3 is 0 Å². The van der Waals surface area contributed by atoms with Gasteiger partial charge in [0, 0.05) is 38.5 Å². The lowest BCUT2D eigenvalue weighted by atomic mass is 10.3. The fourth-order valence-corrected chi connectivity index (χ4v) is 1.81. The fraction of sp³-hybridized carbons (Fsp3) is 0.267. The van der Waals surface area contributed by atoms with E-state index in [0.29, 0.717) is 24.8 Å². The molecule has 1 aromatic carbocycles. The van der Waals surface area contributed by atoms with E-state index in [4.69, 9.17) is 21.1 Å². The molecule has 0 unspecified atom stereocenters. The second kappa shape index (κ2) is 7.93. The van der Waals surface area contributed by atoms with Gasteiger partial charge in [0.1, 0.15) is 11.6 Å². The van der Waals surface area contributed by atoms with Gasteiger partial charge in [0.2, 0.25) is 5.88 Å². The van der Waals surface area contributed by atoms with Gasteiger partial charge in [-0.25, -0.2) is 9.37 Å². The maximum absolute atomic E-state index is 13.0. The van der Waals surface area contributed by atoms with E-state index in [1.165, 1.54) is 18.2 Å². The van der Waals surface area contributed by atoms with Crippen molar-refractivity contribution in [1.82, 2.24) is 10.3 Å². The van der Waals surface area contributed by atoms with Crippen molar-refractivity contribution in [2.45, 2.75) is 6.54 Å². The van der Waals surface area contributed by atoms with Crippen LogP contribution in [0.5, 0.6) is 11.6 Å². The van der Waals surface area contributed by atoms with Crippen LogP contribution < -0.4 is 10.1 Å². The quantitative estimate of drug-likeness (QED) is 0.796. The maximum Gasteiger partial charge on any atom is 0.219 e. The van der Waals surface area contributed by atoms with Gasteiger partial charge in [-0.15, -0.1) is 0 Å². The van der Waals surface area contributed by atoms with Crippen LogP contribution in [0.15, 0.2) is 36.5 Å². The number of ether oxygens (including phenoxy) is 2. The predicted octanol–water partition coefficient (Wildman–Crippen LogP) is 3.40. The molecular formula is C15H16ClFN2O2. The van der Waals surface area contributed by atoms with E-state index in [1.54, 1.807) is 19.4 Å². The summed E-state index contributed by atoms with van der Waals surface area (Å²) >= 11 is 5.69. The van der Waals surface area contributed by atoms with Crippen LogP contribution >= 0.6 is 11.6 Å². The van der Waals surface area contributed by atoms with E-state index in [1.807, 2.05) is 6.07 Å². The highest BCUT2D eigenvalue weighted by Crippen LogP contribution is 2.24. The average Bonchev–Trinajstić information content (AvgIpc) is 2.49. The van der Waals surface area contributed by atoms with Gasteiger partial charge in [-0.05, 0) is 17.7 Å². The van der Waals surface area contributed by atoms with Crippen LogP contribution in [0.3, 0.4) is 0 Å². The number of nitrogens with one attached hydrogen (secondary N) is 1. The largest absolute Gasteiger partial charge is 0.439 e. The molecule has 0 saturated carbocycles. The molecule has 0 aliphatic carbocycles. The highest BCUT2D eigenvalue weighted by atomic mass is 35.5. The van der Waals surface area contributed by atoms with Gasteiger partial charge in [0.05, 0.1) is 11.6 Å². The molecule has 21 heavy (non-hydrogen) atoms. The summed E-state index contributed by atoms with van der Waals surface area (Å²) in [7, 11) is 1.66. The van der Waals surface area contributed by atoms with Crippen molar-refractivity contribution in [2.75, 3.05) is 20.3 Å². The van der Waals surface area contributed by atoms with E-state index < -0.39 is 5.82 Å². The molecular weight excluding hydrogens is 295 g/mol. The van der Waals surface area contributed by atoms with Crippen LogP contribution in [0.25, 0.3) is 0 Å². The number of pyridine rings is 1. The lowest BCUT2D eigenvalue weighted by Gasteiger charge is -2.07. The molecule has 2 rings (SSSR count). The Balaban J connectivity index is 1.91. The third-order valence-electron chi connectivity index (χ3n) is 2.72. The number of rotatable bonds is 7. The first-order valence-electron chi connectivity index (χ1n) is 6.46. The Kier molecular flexibility index (Phi) is 5.92. The van der Waals surface area contributed by atoms with Crippen molar-refractivity contribution in [3.63, 3.8) is 0 Å². The first-order chi connectivity index (χ1) is 10.2.